The largest absolute Gasteiger partial charge is 0.482 e. The van der Waals surface area contributed by atoms with E-state index in [1.807, 2.05) is 23.6 Å². The number of nitrogens with zero attached hydrogens (tertiary/aromatic N) is 2. The van der Waals surface area contributed by atoms with Crippen LogP contribution in [0.25, 0.3) is 11.3 Å². The predicted octanol–water partition coefficient (Wildman–Crippen LogP) is 4.68. The van der Waals surface area contributed by atoms with Gasteiger partial charge in [-0.1, -0.05) is 20.8 Å². The molecule has 30 heavy (non-hydrogen) atoms. The van der Waals surface area contributed by atoms with Gasteiger partial charge < -0.3 is 9.47 Å². The van der Waals surface area contributed by atoms with E-state index >= 15 is 0 Å². The second-order valence-corrected chi connectivity index (χ2v) is 9.87. The third kappa shape index (κ3) is 4.51. The van der Waals surface area contributed by atoms with Crippen LogP contribution in [0.4, 0.5) is 5.69 Å². The topological polar surface area (TPSA) is 68.7 Å². The lowest BCUT2D eigenvalue weighted by molar-refractivity contribution is -0.150. The van der Waals surface area contributed by atoms with E-state index in [0.29, 0.717) is 17.4 Å². The van der Waals surface area contributed by atoms with Crippen molar-refractivity contribution in [1.82, 2.24) is 4.98 Å². The van der Waals surface area contributed by atoms with Gasteiger partial charge in [-0.25, -0.2) is 4.98 Å². The summed E-state index contributed by atoms with van der Waals surface area (Å²) in [6, 6.07) is 5.58. The van der Waals surface area contributed by atoms with Crippen LogP contribution in [0.1, 0.15) is 46.5 Å². The summed E-state index contributed by atoms with van der Waals surface area (Å²) in [5, 5.41) is 1.94. The van der Waals surface area contributed by atoms with Crippen LogP contribution in [-0.4, -0.2) is 36.1 Å². The molecule has 0 saturated heterocycles. The average Bonchev–Trinajstić information content (AvgIpc) is 3.24. The molecule has 2 aliphatic rings. The van der Waals surface area contributed by atoms with Crippen LogP contribution in [0.5, 0.6) is 5.75 Å². The Kier molecular flexibility index (Phi) is 5.82. The van der Waals surface area contributed by atoms with Crippen molar-refractivity contribution in [3.05, 3.63) is 29.1 Å². The number of carbonyl (C=O) groups excluding carboxylic acids is 2. The van der Waals surface area contributed by atoms with Gasteiger partial charge in [0.1, 0.15) is 18.4 Å². The number of fused-ring (bicyclic) bond motifs is 1. The fourth-order valence-corrected chi connectivity index (χ4v) is 4.85. The molecule has 0 N–H and O–H groups in total. The molecule has 0 atom stereocenters. The minimum absolute atomic E-state index is 0.0620. The smallest absolute Gasteiger partial charge is 0.326 e. The number of benzene rings is 1. The number of anilines is 1. The molecule has 0 bridgehead atoms. The van der Waals surface area contributed by atoms with Crippen LogP contribution in [0.3, 0.4) is 0 Å². The minimum Gasteiger partial charge on any atom is -0.482 e. The molecule has 7 heteroatoms. The zero-order valence-electron chi connectivity index (χ0n) is 17.7. The standard InChI is InChI=1S/C23H28N2O4S/c1-23(2,3)16-5-7-17(8-6-16)29-22(27)11-25-19-10-15(18-13-30-14-24-18)4-9-20(19)28-12-21(25)26/h4,9-10,13-14,16-17H,5-8,11-12H2,1-3H3. The van der Waals surface area contributed by atoms with Crippen LogP contribution in [-0.2, 0) is 14.3 Å². The molecule has 1 amide bonds. The molecule has 1 aromatic carbocycles. The van der Waals surface area contributed by atoms with Gasteiger partial charge in [0.25, 0.3) is 5.91 Å². The van der Waals surface area contributed by atoms with Gasteiger partial charge in [-0.3, -0.25) is 14.5 Å². The maximum atomic E-state index is 12.7. The van der Waals surface area contributed by atoms with Crippen LogP contribution < -0.4 is 9.64 Å². The first-order valence-corrected chi connectivity index (χ1v) is 11.4. The Morgan fingerprint density at radius 2 is 2.03 bits per heavy atom. The molecule has 1 aliphatic carbocycles. The first-order chi connectivity index (χ1) is 14.3. The number of esters is 1. The van der Waals surface area contributed by atoms with E-state index in [2.05, 4.69) is 25.8 Å². The van der Waals surface area contributed by atoms with Crippen molar-refractivity contribution in [2.45, 2.75) is 52.6 Å². The van der Waals surface area contributed by atoms with E-state index in [0.717, 1.165) is 36.9 Å². The summed E-state index contributed by atoms with van der Waals surface area (Å²) in [6.45, 7) is 6.63. The molecule has 2 aromatic rings. The maximum absolute atomic E-state index is 12.7. The second kappa shape index (κ2) is 8.38. The number of rotatable bonds is 4. The number of thiazole rings is 1. The van der Waals surface area contributed by atoms with E-state index in [4.69, 9.17) is 9.47 Å². The number of carbonyl (C=O) groups is 2. The third-order valence-corrected chi connectivity index (χ3v) is 6.70. The minimum atomic E-state index is -0.366. The predicted molar refractivity (Wildman–Crippen MR) is 117 cm³/mol. The SMILES string of the molecule is CC(C)(C)C1CCC(OC(=O)CN2C(=O)COc3ccc(-c4cscn4)cc32)CC1. The Bertz CT molecular complexity index is 912. The maximum Gasteiger partial charge on any atom is 0.326 e. The van der Waals surface area contributed by atoms with E-state index < -0.39 is 0 Å². The van der Waals surface area contributed by atoms with Gasteiger partial charge in [0.15, 0.2) is 6.61 Å². The van der Waals surface area contributed by atoms with Gasteiger partial charge in [-0.05, 0) is 55.2 Å². The first-order valence-electron chi connectivity index (χ1n) is 10.5. The van der Waals surface area contributed by atoms with Crippen molar-refractivity contribution in [1.29, 1.82) is 0 Å². The van der Waals surface area contributed by atoms with E-state index in [1.54, 1.807) is 5.51 Å². The lowest BCUT2D eigenvalue weighted by Gasteiger charge is -2.37. The molecule has 1 saturated carbocycles. The zero-order valence-corrected chi connectivity index (χ0v) is 18.5. The monoisotopic (exact) mass is 428 g/mol. The molecule has 2 heterocycles. The summed E-state index contributed by atoms with van der Waals surface area (Å²) in [6.07, 6.45) is 3.84. The third-order valence-electron chi connectivity index (χ3n) is 6.11. The van der Waals surface area contributed by atoms with Crippen molar-refractivity contribution in [2.24, 2.45) is 11.3 Å². The van der Waals surface area contributed by atoms with Gasteiger partial charge in [-0.2, -0.15) is 0 Å². The molecule has 160 valence electrons. The van der Waals surface area contributed by atoms with Gasteiger partial charge in [0.2, 0.25) is 0 Å². The zero-order chi connectivity index (χ0) is 21.3. The molecule has 0 spiro atoms. The number of amides is 1. The van der Waals surface area contributed by atoms with E-state index in [-0.39, 0.29) is 36.5 Å². The Hall–Kier alpha value is -2.41. The fourth-order valence-electron chi connectivity index (χ4n) is 4.29. The van der Waals surface area contributed by atoms with Crippen molar-refractivity contribution in [3.8, 4) is 17.0 Å². The summed E-state index contributed by atoms with van der Waals surface area (Å²) in [5.74, 6) is 0.636. The Labute approximate surface area is 181 Å². The summed E-state index contributed by atoms with van der Waals surface area (Å²) in [4.78, 5) is 31.0. The van der Waals surface area contributed by atoms with E-state index in [1.165, 1.54) is 16.2 Å². The average molecular weight is 429 g/mol. The number of ether oxygens (including phenoxy) is 2. The van der Waals surface area contributed by atoms with Gasteiger partial charge in [0.05, 0.1) is 16.9 Å². The number of hydrogen-bond donors (Lipinski definition) is 0. The van der Waals surface area contributed by atoms with Crippen molar-refractivity contribution >= 4 is 28.9 Å². The van der Waals surface area contributed by atoms with Gasteiger partial charge in [-0.15, -0.1) is 11.3 Å². The molecular formula is C23H28N2O4S. The highest BCUT2D eigenvalue weighted by Crippen LogP contribution is 2.39. The molecule has 0 unspecified atom stereocenters. The van der Waals surface area contributed by atoms with Crippen LogP contribution in [0.2, 0.25) is 0 Å². The van der Waals surface area contributed by atoms with Crippen molar-refractivity contribution in [2.75, 3.05) is 18.1 Å². The van der Waals surface area contributed by atoms with Crippen LogP contribution in [0.15, 0.2) is 29.1 Å². The lowest BCUT2D eigenvalue weighted by Crippen LogP contribution is -2.43. The van der Waals surface area contributed by atoms with Crippen LogP contribution >= 0.6 is 11.3 Å². The molecular weight excluding hydrogens is 400 g/mol. The normalized spacial score (nSPS) is 21.7. The van der Waals surface area contributed by atoms with Crippen molar-refractivity contribution < 1.29 is 19.1 Å². The Morgan fingerprint density at radius 3 is 2.70 bits per heavy atom. The summed E-state index contributed by atoms with van der Waals surface area (Å²) in [7, 11) is 0. The number of aromatic nitrogens is 1. The van der Waals surface area contributed by atoms with Gasteiger partial charge in [0, 0.05) is 10.9 Å². The molecule has 0 radical (unpaired) electrons. The molecule has 6 nitrogen and oxygen atoms in total. The summed E-state index contributed by atoms with van der Waals surface area (Å²) in [5.41, 5.74) is 4.35. The highest BCUT2D eigenvalue weighted by atomic mass is 32.1. The Balaban J connectivity index is 1.43. The summed E-state index contributed by atoms with van der Waals surface area (Å²) < 4.78 is 11.3. The molecule has 1 aromatic heterocycles. The molecule has 1 fully saturated rings. The molecule has 4 rings (SSSR count). The van der Waals surface area contributed by atoms with Crippen LogP contribution in [0, 0.1) is 11.3 Å². The first kappa shape index (κ1) is 20.8. The number of hydrogen-bond acceptors (Lipinski definition) is 6. The fraction of sp³-hybridized carbons (Fsp3) is 0.522. The quantitative estimate of drug-likeness (QED) is 0.661. The summed E-state index contributed by atoms with van der Waals surface area (Å²) >= 11 is 1.51. The highest BCUT2D eigenvalue weighted by Gasteiger charge is 2.33. The van der Waals surface area contributed by atoms with E-state index in [9.17, 15) is 9.59 Å². The molecule has 1 aliphatic heterocycles. The highest BCUT2D eigenvalue weighted by molar-refractivity contribution is 7.07. The Morgan fingerprint density at radius 1 is 1.27 bits per heavy atom. The van der Waals surface area contributed by atoms with Gasteiger partial charge >= 0.3 is 5.97 Å². The van der Waals surface area contributed by atoms with Crippen molar-refractivity contribution in [3.63, 3.8) is 0 Å². The lowest BCUT2D eigenvalue weighted by atomic mass is 9.72. The second-order valence-electron chi connectivity index (χ2n) is 9.15.